The third kappa shape index (κ3) is 5.41. The summed E-state index contributed by atoms with van der Waals surface area (Å²) < 4.78 is 9.58. The number of hydrogen-bond acceptors (Lipinski definition) is 6. The lowest BCUT2D eigenvalue weighted by Crippen LogP contribution is -2.30. The molecular weight excluding hydrogens is 408 g/mol. The standard InChI is InChI=1S/C18H19ClN2O4S2/c1-10-13(16(22)24-2)15(27-14(10)17(23)25-3)21-18(26)20-8-7-11-5-4-6-12(19)9-11/h4-6,9H,7-8H2,1-3H3,(H2,20,21,26). The van der Waals surface area contributed by atoms with Gasteiger partial charge < -0.3 is 20.1 Å². The van der Waals surface area contributed by atoms with E-state index in [-0.39, 0.29) is 5.56 Å². The number of thiocarbonyl (C=S) groups is 1. The van der Waals surface area contributed by atoms with Gasteiger partial charge in [0.05, 0.1) is 19.8 Å². The van der Waals surface area contributed by atoms with Crippen LogP contribution < -0.4 is 10.6 Å². The van der Waals surface area contributed by atoms with E-state index < -0.39 is 11.9 Å². The van der Waals surface area contributed by atoms with E-state index in [1.807, 2.05) is 24.3 Å². The quantitative estimate of drug-likeness (QED) is 0.537. The first-order chi connectivity index (χ1) is 12.9. The van der Waals surface area contributed by atoms with E-state index in [4.69, 9.17) is 33.3 Å². The smallest absolute Gasteiger partial charge is 0.348 e. The Morgan fingerprint density at radius 3 is 2.56 bits per heavy atom. The lowest BCUT2D eigenvalue weighted by atomic mass is 10.1. The summed E-state index contributed by atoms with van der Waals surface area (Å²) in [7, 11) is 2.57. The molecule has 1 heterocycles. The molecule has 0 bridgehead atoms. The molecule has 0 aliphatic carbocycles. The Morgan fingerprint density at radius 2 is 1.93 bits per heavy atom. The Bertz CT molecular complexity index is 867. The Hall–Kier alpha value is -2.16. The van der Waals surface area contributed by atoms with Crippen molar-refractivity contribution in [2.45, 2.75) is 13.3 Å². The minimum Gasteiger partial charge on any atom is -0.465 e. The van der Waals surface area contributed by atoms with Crippen LogP contribution >= 0.6 is 35.2 Å². The maximum atomic E-state index is 12.1. The van der Waals surface area contributed by atoms with Gasteiger partial charge in [-0.05, 0) is 48.8 Å². The van der Waals surface area contributed by atoms with Crippen LogP contribution in [-0.2, 0) is 15.9 Å². The summed E-state index contributed by atoms with van der Waals surface area (Å²) in [4.78, 5) is 24.3. The van der Waals surface area contributed by atoms with Gasteiger partial charge in [-0.3, -0.25) is 0 Å². The molecule has 0 atom stereocenters. The van der Waals surface area contributed by atoms with Crippen LogP contribution in [0.5, 0.6) is 0 Å². The summed E-state index contributed by atoms with van der Waals surface area (Å²) >= 11 is 12.4. The maximum Gasteiger partial charge on any atom is 0.348 e. The number of carbonyl (C=O) groups excluding carboxylic acids is 2. The highest BCUT2D eigenvalue weighted by atomic mass is 35.5. The predicted molar refractivity (Wildman–Crippen MR) is 111 cm³/mol. The number of esters is 2. The van der Waals surface area contributed by atoms with Crippen LogP contribution in [0.2, 0.25) is 5.02 Å². The molecule has 0 aliphatic heterocycles. The minimum absolute atomic E-state index is 0.266. The molecule has 0 spiro atoms. The first-order valence-electron chi connectivity index (χ1n) is 7.96. The van der Waals surface area contributed by atoms with E-state index in [1.165, 1.54) is 14.2 Å². The van der Waals surface area contributed by atoms with Gasteiger partial charge in [0, 0.05) is 11.6 Å². The number of ether oxygens (including phenoxy) is 2. The molecule has 0 fully saturated rings. The molecular formula is C18H19ClN2O4S2. The van der Waals surface area contributed by atoms with Crippen LogP contribution in [0.25, 0.3) is 0 Å². The van der Waals surface area contributed by atoms with Crippen LogP contribution in [0.15, 0.2) is 24.3 Å². The number of nitrogens with one attached hydrogen (secondary N) is 2. The highest BCUT2D eigenvalue weighted by molar-refractivity contribution is 7.80. The van der Waals surface area contributed by atoms with E-state index in [0.717, 1.165) is 23.3 Å². The molecule has 1 aromatic heterocycles. The molecule has 0 amide bonds. The van der Waals surface area contributed by atoms with Crippen molar-refractivity contribution < 1.29 is 19.1 Å². The summed E-state index contributed by atoms with van der Waals surface area (Å²) in [6.45, 7) is 2.24. The molecule has 1 aromatic carbocycles. The summed E-state index contributed by atoms with van der Waals surface area (Å²) in [5, 5.41) is 7.48. The zero-order chi connectivity index (χ0) is 20.0. The largest absolute Gasteiger partial charge is 0.465 e. The van der Waals surface area contributed by atoms with Gasteiger partial charge in [-0.15, -0.1) is 11.3 Å². The molecule has 0 saturated carbocycles. The molecule has 144 valence electrons. The van der Waals surface area contributed by atoms with Crippen molar-refractivity contribution in [2.24, 2.45) is 0 Å². The Morgan fingerprint density at radius 1 is 1.22 bits per heavy atom. The lowest BCUT2D eigenvalue weighted by Gasteiger charge is -2.11. The number of hydrogen-bond donors (Lipinski definition) is 2. The van der Waals surface area contributed by atoms with Gasteiger partial charge in [-0.25, -0.2) is 9.59 Å². The monoisotopic (exact) mass is 426 g/mol. The normalized spacial score (nSPS) is 10.2. The van der Waals surface area contributed by atoms with Crippen molar-refractivity contribution in [1.29, 1.82) is 0 Å². The van der Waals surface area contributed by atoms with Gasteiger partial charge in [-0.2, -0.15) is 0 Å². The van der Waals surface area contributed by atoms with E-state index in [9.17, 15) is 9.59 Å². The second kappa shape index (κ2) is 9.68. The minimum atomic E-state index is -0.553. The molecule has 0 aliphatic rings. The zero-order valence-corrected chi connectivity index (χ0v) is 17.4. The van der Waals surface area contributed by atoms with Gasteiger partial charge in [0.1, 0.15) is 9.88 Å². The first-order valence-corrected chi connectivity index (χ1v) is 9.57. The average molecular weight is 427 g/mol. The number of halogens is 1. The highest BCUT2D eigenvalue weighted by Gasteiger charge is 2.26. The van der Waals surface area contributed by atoms with Crippen molar-refractivity contribution in [3.8, 4) is 0 Å². The lowest BCUT2D eigenvalue weighted by molar-refractivity contribution is 0.0601. The van der Waals surface area contributed by atoms with Gasteiger partial charge >= 0.3 is 11.9 Å². The van der Waals surface area contributed by atoms with Crippen molar-refractivity contribution in [3.63, 3.8) is 0 Å². The molecule has 2 N–H and O–H groups in total. The van der Waals surface area contributed by atoms with Crippen LogP contribution in [0.4, 0.5) is 5.00 Å². The van der Waals surface area contributed by atoms with E-state index in [0.29, 0.717) is 32.1 Å². The summed E-state index contributed by atoms with van der Waals surface area (Å²) in [6, 6.07) is 7.57. The fourth-order valence-electron chi connectivity index (χ4n) is 2.40. The van der Waals surface area contributed by atoms with Crippen molar-refractivity contribution in [3.05, 3.63) is 50.9 Å². The summed E-state index contributed by atoms with van der Waals surface area (Å²) in [5.74, 6) is -1.07. The molecule has 6 nitrogen and oxygen atoms in total. The fourth-order valence-corrected chi connectivity index (χ4v) is 4.00. The SMILES string of the molecule is COC(=O)c1sc(NC(=S)NCCc2cccc(Cl)c2)c(C(=O)OC)c1C. The Kier molecular flexibility index (Phi) is 7.58. The van der Waals surface area contributed by atoms with Crippen molar-refractivity contribution >= 4 is 57.2 Å². The van der Waals surface area contributed by atoms with Gasteiger partial charge in [-0.1, -0.05) is 23.7 Å². The Labute approximate surface area is 171 Å². The van der Waals surface area contributed by atoms with E-state index >= 15 is 0 Å². The van der Waals surface area contributed by atoms with Gasteiger partial charge in [0.2, 0.25) is 0 Å². The molecule has 2 aromatic rings. The van der Waals surface area contributed by atoms with Crippen LogP contribution in [0.1, 0.15) is 31.2 Å². The number of carbonyl (C=O) groups is 2. The van der Waals surface area contributed by atoms with Gasteiger partial charge in [0.15, 0.2) is 5.11 Å². The Balaban J connectivity index is 2.07. The maximum absolute atomic E-state index is 12.1. The molecule has 2 rings (SSSR count). The highest BCUT2D eigenvalue weighted by Crippen LogP contribution is 2.34. The summed E-state index contributed by atoms with van der Waals surface area (Å²) in [6.07, 6.45) is 0.725. The van der Waals surface area contributed by atoms with Crippen LogP contribution in [0, 0.1) is 6.92 Å². The third-order valence-electron chi connectivity index (χ3n) is 3.72. The number of thiophene rings is 1. The second-order valence-electron chi connectivity index (χ2n) is 5.50. The molecule has 0 unspecified atom stereocenters. The third-order valence-corrected chi connectivity index (χ3v) is 5.39. The average Bonchev–Trinajstić information content (AvgIpc) is 2.96. The van der Waals surface area contributed by atoms with E-state index in [1.54, 1.807) is 6.92 Å². The zero-order valence-electron chi connectivity index (χ0n) is 15.1. The number of benzene rings is 1. The summed E-state index contributed by atoms with van der Waals surface area (Å²) in [5.41, 5.74) is 1.83. The predicted octanol–water partition coefficient (Wildman–Crippen LogP) is 3.81. The fraction of sp³-hybridized carbons (Fsp3) is 0.278. The molecule has 0 radical (unpaired) electrons. The number of rotatable bonds is 6. The number of methoxy groups -OCH3 is 2. The topological polar surface area (TPSA) is 76.7 Å². The second-order valence-corrected chi connectivity index (χ2v) is 7.37. The number of anilines is 1. The molecule has 0 saturated heterocycles. The van der Waals surface area contributed by atoms with Crippen molar-refractivity contribution in [1.82, 2.24) is 5.32 Å². The van der Waals surface area contributed by atoms with E-state index in [2.05, 4.69) is 10.6 Å². The van der Waals surface area contributed by atoms with Crippen molar-refractivity contribution in [2.75, 3.05) is 26.1 Å². The molecule has 9 heteroatoms. The van der Waals surface area contributed by atoms with Gasteiger partial charge in [0.25, 0.3) is 0 Å². The molecule has 27 heavy (non-hydrogen) atoms. The first kappa shape index (κ1) is 21.1. The van der Waals surface area contributed by atoms with Crippen LogP contribution in [0.3, 0.4) is 0 Å². The van der Waals surface area contributed by atoms with Crippen LogP contribution in [-0.4, -0.2) is 37.8 Å².